The van der Waals surface area contributed by atoms with Crippen LogP contribution < -0.4 is 10.6 Å². The monoisotopic (exact) mass is 266 g/mol. The lowest BCUT2D eigenvalue weighted by Gasteiger charge is -2.10. The Morgan fingerprint density at radius 2 is 2.28 bits per heavy atom. The Morgan fingerprint density at radius 1 is 1.50 bits per heavy atom. The molecule has 1 amide bonds. The molecule has 2 rings (SSSR count). The largest absolute Gasteiger partial charge is 0.387 e. The number of hydrogen-bond donors (Lipinski definition) is 2. The van der Waals surface area contributed by atoms with E-state index in [1.54, 1.807) is 19.2 Å². The Kier molecular flexibility index (Phi) is 4.12. The van der Waals surface area contributed by atoms with Crippen molar-refractivity contribution in [3.63, 3.8) is 0 Å². The van der Waals surface area contributed by atoms with Gasteiger partial charge in [-0.2, -0.15) is 0 Å². The number of halogens is 1. The minimum Gasteiger partial charge on any atom is -0.387 e. The van der Waals surface area contributed by atoms with Crippen LogP contribution in [0.5, 0.6) is 0 Å². The van der Waals surface area contributed by atoms with Crippen LogP contribution in [0.15, 0.2) is 18.2 Å². The first-order valence-electron chi connectivity index (χ1n) is 6.44. The van der Waals surface area contributed by atoms with Crippen LogP contribution in [0.2, 0.25) is 5.02 Å². The normalized spacial score (nSPS) is 21.5. The van der Waals surface area contributed by atoms with E-state index in [0.717, 1.165) is 12.1 Å². The zero-order valence-electron chi connectivity index (χ0n) is 10.8. The number of amides is 1. The first-order valence-corrected chi connectivity index (χ1v) is 6.81. The molecular weight excluding hydrogens is 248 g/mol. The summed E-state index contributed by atoms with van der Waals surface area (Å²) in [5.41, 5.74) is 1.43. The Hall–Kier alpha value is -1.22. The van der Waals surface area contributed by atoms with E-state index in [2.05, 4.69) is 17.6 Å². The van der Waals surface area contributed by atoms with Crippen LogP contribution >= 0.6 is 11.6 Å². The van der Waals surface area contributed by atoms with E-state index in [-0.39, 0.29) is 5.91 Å². The van der Waals surface area contributed by atoms with Crippen molar-refractivity contribution in [2.24, 2.45) is 5.92 Å². The van der Waals surface area contributed by atoms with Gasteiger partial charge in [0, 0.05) is 23.8 Å². The smallest absolute Gasteiger partial charge is 0.253 e. The zero-order valence-corrected chi connectivity index (χ0v) is 11.6. The number of rotatable bonds is 5. The summed E-state index contributed by atoms with van der Waals surface area (Å²) >= 11 is 5.94. The van der Waals surface area contributed by atoms with E-state index >= 15 is 0 Å². The predicted molar refractivity (Wildman–Crippen MR) is 75.3 cm³/mol. The summed E-state index contributed by atoms with van der Waals surface area (Å²) in [6.45, 7) is 2.17. The van der Waals surface area contributed by atoms with Crippen molar-refractivity contribution in [1.29, 1.82) is 0 Å². The average molecular weight is 267 g/mol. The van der Waals surface area contributed by atoms with Crippen LogP contribution in [0.4, 0.5) is 5.69 Å². The van der Waals surface area contributed by atoms with Gasteiger partial charge in [-0.15, -0.1) is 0 Å². The summed E-state index contributed by atoms with van der Waals surface area (Å²) in [5, 5.41) is 6.67. The standard InChI is InChI=1S/C14H19ClN2O/c1-3-4-9-7-13(9)17-14(18)11-8-10(15)5-6-12(11)16-2/h5-6,8-9,13,16H,3-4,7H2,1-2H3,(H,17,18). The molecule has 18 heavy (non-hydrogen) atoms. The number of anilines is 1. The molecule has 98 valence electrons. The first kappa shape index (κ1) is 13.2. The fourth-order valence-corrected chi connectivity index (χ4v) is 2.45. The summed E-state index contributed by atoms with van der Waals surface area (Å²) in [6.07, 6.45) is 3.48. The van der Waals surface area contributed by atoms with Crippen LogP contribution in [0, 0.1) is 5.92 Å². The van der Waals surface area contributed by atoms with E-state index in [9.17, 15) is 4.79 Å². The predicted octanol–water partition coefficient (Wildman–Crippen LogP) is 3.30. The van der Waals surface area contributed by atoms with E-state index in [1.165, 1.54) is 12.8 Å². The molecule has 2 atom stereocenters. The number of carbonyl (C=O) groups is 1. The second kappa shape index (κ2) is 5.61. The average Bonchev–Trinajstić information content (AvgIpc) is 3.07. The molecule has 2 N–H and O–H groups in total. The van der Waals surface area contributed by atoms with Crippen molar-refractivity contribution < 1.29 is 4.79 Å². The van der Waals surface area contributed by atoms with Gasteiger partial charge in [-0.1, -0.05) is 24.9 Å². The topological polar surface area (TPSA) is 41.1 Å². The lowest BCUT2D eigenvalue weighted by atomic mass is 10.1. The summed E-state index contributed by atoms with van der Waals surface area (Å²) in [6, 6.07) is 5.66. The number of hydrogen-bond acceptors (Lipinski definition) is 2. The Labute approximate surface area is 113 Å². The van der Waals surface area contributed by atoms with Gasteiger partial charge in [0.25, 0.3) is 5.91 Å². The van der Waals surface area contributed by atoms with E-state index in [1.807, 2.05) is 6.07 Å². The van der Waals surface area contributed by atoms with E-state index < -0.39 is 0 Å². The van der Waals surface area contributed by atoms with Crippen molar-refractivity contribution in [2.75, 3.05) is 12.4 Å². The quantitative estimate of drug-likeness (QED) is 0.859. The van der Waals surface area contributed by atoms with Crippen LogP contribution in [-0.4, -0.2) is 19.0 Å². The van der Waals surface area contributed by atoms with Crippen molar-refractivity contribution in [3.05, 3.63) is 28.8 Å². The molecule has 0 aromatic heterocycles. The highest BCUT2D eigenvalue weighted by Crippen LogP contribution is 2.35. The van der Waals surface area contributed by atoms with Crippen LogP contribution in [0.1, 0.15) is 36.5 Å². The fourth-order valence-electron chi connectivity index (χ4n) is 2.28. The van der Waals surface area contributed by atoms with Gasteiger partial charge in [0.05, 0.1) is 5.56 Å². The number of carbonyl (C=O) groups excluding carboxylic acids is 1. The second-order valence-corrected chi connectivity index (χ2v) is 5.24. The van der Waals surface area contributed by atoms with Crippen molar-refractivity contribution >= 4 is 23.2 Å². The molecule has 0 spiro atoms. The van der Waals surface area contributed by atoms with Gasteiger partial charge in [-0.3, -0.25) is 4.79 Å². The van der Waals surface area contributed by atoms with Gasteiger partial charge < -0.3 is 10.6 Å². The molecule has 0 radical (unpaired) electrons. The third-order valence-corrected chi connectivity index (χ3v) is 3.63. The lowest BCUT2D eigenvalue weighted by molar-refractivity contribution is 0.0949. The summed E-state index contributed by atoms with van der Waals surface area (Å²) in [4.78, 5) is 12.2. The maximum absolute atomic E-state index is 12.2. The van der Waals surface area contributed by atoms with Crippen molar-refractivity contribution in [1.82, 2.24) is 5.32 Å². The molecule has 1 aliphatic carbocycles. The molecule has 1 saturated carbocycles. The second-order valence-electron chi connectivity index (χ2n) is 4.80. The van der Waals surface area contributed by atoms with Gasteiger partial charge in [-0.05, 0) is 37.0 Å². The van der Waals surface area contributed by atoms with Gasteiger partial charge in [-0.25, -0.2) is 0 Å². The summed E-state index contributed by atoms with van der Waals surface area (Å²) in [7, 11) is 1.80. The minimum absolute atomic E-state index is 0.0366. The highest BCUT2D eigenvalue weighted by molar-refractivity contribution is 6.31. The van der Waals surface area contributed by atoms with Gasteiger partial charge >= 0.3 is 0 Å². The number of benzene rings is 1. The van der Waals surface area contributed by atoms with Gasteiger partial charge in [0.1, 0.15) is 0 Å². The molecule has 2 unspecified atom stereocenters. The highest BCUT2D eigenvalue weighted by Gasteiger charge is 2.37. The van der Waals surface area contributed by atoms with Crippen molar-refractivity contribution in [3.8, 4) is 0 Å². The molecule has 4 heteroatoms. The molecule has 0 saturated heterocycles. The Bertz CT molecular complexity index is 447. The highest BCUT2D eigenvalue weighted by atomic mass is 35.5. The lowest BCUT2D eigenvalue weighted by Crippen LogP contribution is -2.27. The van der Waals surface area contributed by atoms with Crippen molar-refractivity contribution in [2.45, 2.75) is 32.2 Å². The van der Waals surface area contributed by atoms with Crippen LogP contribution in [0.25, 0.3) is 0 Å². The maximum Gasteiger partial charge on any atom is 0.253 e. The summed E-state index contributed by atoms with van der Waals surface area (Å²) < 4.78 is 0. The first-order chi connectivity index (χ1) is 8.65. The summed E-state index contributed by atoms with van der Waals surface area (Å²) in [5.74, 6) is 0.627. The Balaban J connectivity index is 2.03. The molecular formula is C14H19ClN2O. The SMILES string of the molecule is CCCC1CC1NC(=O)c1cc(Cl)ccc1NC. The zero-order chi connectivity index (χ0) is 13.1. The molecule has 1 aromatic carbocycles. The molecule has 1 aliphatic rings. The molecule has 0 bridgehead atoms. The molecule has 3 nitrogen and oxygen atoms in total. The minimum atomic E-state index is -0.0366. The number of nitrogens with one attached hydrogen (secondary N) is 2. The maximum atomic E-state index is 12.2. The van der Waals surface area contributed by atoms with Gasteiger partial charge in [0.2, 0.25) is 0 Å². The van der Waals surface area contributed by atoms with E-state index in [0.29, 0.717) is 22.5 Å². The third-order valence-electron chi connectivity index (χ3n) is 3.39. The molecule has 1 aromatic rings. The Morgan fingerprint density at radius 3 is 2.94 bits per heavy atom. The fraction of sp³-hybridized carbons (Fsp3) is 0.500. The van der Waals surface area contributed by atoms with Gasteiger partial charge in [0.15, 0.2) is 0 Å². The molecule has 0 heterocycles. The third kappa shape index (κ3) is 2.96. The molecule has 0 aliphatic heterocycles. The van der Waals surface area contributed by atoms with Crippen LogP contribution in [-0.2, 0) is 0 Å². The van der Waals surface area contributed by atoms with Crippen LogP contribution in [0.3, 0.4) is 0 Å². The molecule has 1 fully saturated rings. The van der Waals surface area contributed by atoms with E-state index in [4.69, 9.17) is 11.6 Å².